The van der Waals surface area contributed by atoms with Gasteiger partial charge in [0.15, 0.2) is 0 Å². The number of carbonyl (C=O) groups excluding carboxylic acids is 1. The Morgan fingerprint density at radius 1 is 1.52 bits per heavy atom. The third kappa shape index (κ3) is 3.13. The average molecular weight is 293 g/mol. The first-order valence-electron chi connectivity index (χ1n) is 6.71. The molecule has 0 aromatic heterocycles. The molecule has 0 saturated carbocycles. The Bertz CT molecular complexity index is 586. The third-order valence-electron chi connectivity index (χ3n) is 3.34. The molecular formula is C14H19N3O4. The lowest BCUT2D eigenvalue weighted by Crippen LogP contribution is -2.53. The summed E-state index contributed by atoms with van der Waals surface area (Å²) in [6, 6.07) is 4.40. The van der Waals surface area contributed by atoms with Gasteiger partial charge in [0.25, 0.3) is 5.91 Å². The van der Waals surface area contributed by atoms with Gasteiger partial charge in [0.2, 0.25) is 0 Å². The first-order chi connectivity index (χ1) is 9.71. The molecule has 7 nitrogen and oxygen atoms in total. The maximum absolute atomic E-state index is 12.6. The van der Waals surface area contributed by atoms with Crippen molar-refractivity contribution < 1.29 is 14.5 Å². The molecule has 2 rings (SSSR count). The number of morpholine rings is 1. The van der Waals surface area contributed by atoms with E-state index >= 15 is 0 Å². The lowest BCUT2D eigenvalue weighted by atomic mass is 10.0. The van der Waals surface area contributed by atoms with Crippen molar-refractivity contribution in [1.82, 2.24) is 4.90 Å². The zero-order chi connectivity index (χ0) is 15.8. The number of nitrogens with zero attached hydrogens (tertiary/aromatic N) is 2. The predicted molar refractivity (Wildman–Crippen MR) is 78.0 cm³/mol. The predicted octanol–water partition coefficient (Wildman–Crippen LogP) is 1.82. The topological polar surface area (TPSA) is 98.7 Å². The Morgan fingerprint density at radius 2 is 2.19 bits per heavy atom. The standard InChI is InChI=1S/C14H19N3O4/c1-9-7-16(8-14(2,3)21-9)13(18)10-5-4-6-11(15)12(10)17(19)20/h4-6,9H,7-8,15H2,1-3H3. The summed E-state index contributed by atoms with van der Waals surface area (Å²) in [4.78, 5) is 24.7. The fourth-order valence-corrected chi connectivity index (χ4v) is 2.72. The molecular weight excluding hydrogens is 274 g/mol. The van der Waals surface area contributed by atoms with E-state index in [-0.39, 0.29) is 23.0 Å². The van der Waals surface area contributed by atoms with Crippen LogP contribution in [0, 0.1) is 10.1 Å². The summed E-state index contributed by atoms with van der Waals surface area (Å²) in [6.45, 7) is 6.42. The van der Waals surface area contributed by atoms with Crippen LogP contribution in [-0.2, 0) is 4.74 Å². The monoisotopic (exact) mass is 293 g/mol. The van der Waals surface area contributed by atoms with E-state index in [0.29, 0.717) is 13.1 Å². The van der Waals surface area contributed by atoms with Crippen LogP contribution in [0.1, 0.15) is 31.1 Å². The SMILES string of the molecule is CC1CN(C(=O)c2cccc(N)c2[N+](=O)[O-])CC(C)(C)O1. The Kier molecular flexibility index (Phi) is 3.87. The van der Waals surface area contributed by atoms with E-state index in [0.717, 1.165) is 0 Å². The van der Waals surface area contributed by atoms with Gasteiger partial charge in [-0.1, -0.05) is 6.07 Å². The third-order valence-corrected chi connectivity index (χ3v) is 3.34. The second-order valence-corrected chi connectivity index (χ2v) is 5.87. The van der Waals surface area contributed by atoms with Gasteiger partial charge in [-0.15, -0.1) is 0 Å². The lowest BCUT2D eigenvalue weighted by Gasteiger charge is -2.41. The Morgan fingerprint density at radius 3 is 2.76 bits per heavy atom. The number of hydrogen-bond acceptors (Lipinski definition) is 5. The van der Waals surface area contributed by atoms with E-state index in [2.05, 4.69) is 0 Å². The lowest BCUT2D eigenvalue weighted by molar-refractivity contribution is -0.384. The highest BCUT2D eigenvalue weighted by Gasteiger charge is 2.36. The zero-order valence-electron chi connectivity index (χ0n) is 12.3. The van der Waals surface area contributed by atoms with Crippen molar-refractivity contribution in [2.45, 2.75) is 32.5 Å². The Balaban J connectivity index is 2.37. The fourth-order valence-electron chi connectivity index (χ4n) is 2.72. The summed E-state index contributed by atoms with van der Waals surface area (Å²) in [6.07, 6.45) is -0.127. The van der Waals surface area contributed by atoms with Gasteiger partial charge in [-0.25, -0.2) is 0 Å². The molecule has 1 amide bonds. The van der Waals surface area contributed by atoms with Crippen LogP contribution in [0.3, 0.4) is 0 Å². The van der Waals surface area contributed by atoms with Crippen LogP contribution in [0.5, 0.6) is 0 Å². The summed E-state index contributed by atoms with van der Waals surface area (Å²) in [5.41, 5.74) is 4.83. The molecule has 1 aromatic rings. The average Bonchev–Trinajstić information content (AvgIpc) is 2.34. The summed E-state index contributed by atoms with van der Waals surface area (Å²) in [5, 5.41) is 11.2. The maximum Gasteiger partial charge on any atom is 0.304 e. The van der Waals surface area contributed by atoms with Crippen LogP contribution in [0.25, 0.3) is 0 Å². The largest absolute Gasteiger partial charge is 0.393 e. The molecule has 7 heteroatoms. The van der Waals surface area contributed by atoms with Crippen LogP contribution in [0.15, 0.2) is 18.2 Å². The minimum Gasteiger partial charge on any atom is -0.393 e. The molecule has 1 aliphatic heterocycles. The van der Waals surface area contributed by atoms with E-state index < -0.39 is 16.4 Å². The number of amides is 1. The number of nitrogens with two attached hydrogens (primary N) is 1. The number of rotatable bonds is 2. The second-order valence-electron chi connectivity index (χ2n) is 5.87. The Labute approximate surface area is 122 Å². The second kappa shape index (κ2) is 5.33. The number of nitro groups is 1. The van der Waals surface area contributed by atoms with E-state index in [9.17, 15) is 14.9 Å². The van der Waals surface area contributed by atoms with Crippen molar-refractivity contribution in [3.8, 4) is 0 Å². The van der Waals surface area contributed by atoms with E-state index in [1.165, 1.54) is 12.1 Å². The highest BCUT2D eigenvalue weighted by molar-refractivity contribution is 6.00. The van der Waals surface area contributed by atoms with Gasteiger partial charge in [-0.3, -0.25) is 14.9 Å². The van der Waals surface area contributed by atoms with Crippen LogP contribution < -0.4 is 5.73 Å². The number of hydrogen-bond donors (Lipinski definition) is 1. The maximum atomic E-state index is 12.6. The molecule has 0 radical (unpaired) electrons. The molecule has 1 saturated heterocycles. The fraction of sp³-hybridized carbons (Fsp3) is 0.500. The highest BCUT2D eigenvalue weighted by Crippen LogP contribution is 2.29. The molecule has 2 N–H and O–H groups in total. The first kappa shape index (κ1) is 15.2. The van der Waals surface area contributed by atoms with Crippen molar-refractivity contribution >= 4 is 17.3 Å². The molecule has 21 heavy (non-hydrogen) atoms. The number of ether oxygens (including phenoxy) is 1. The first-order valence-corrected chi connectivity index (χ1v) is 6.71. The van der Waals surface area contributed by atoms with Gasteiger partial charge >= 0.3 is 5.69 Å². The number of para-hydroxylation sites is 1. The van der Waals surface area contributed by atoms with Crippen LogP contribution in [0.4, 0.5) is 11.4 Å². The van der Waals surface area contributed by atoms with Gasteiger partial charge in [0.1, 0.15) is 11.3 Å². The molecule has 1 aliphatic rings. The van der Waals surface area contributed by atoms with Crippen LogP contribution in [-0.4, -0.2) is 40.5 Å². The Hall–Kier alpha value is -2.15. The number of carbonyl (C=O) groups is 1. The zero-order valence-corrected chi connectivity index (χ0v) is 12.3. The smallest absolute Gasteiger partial charge is 0.304 e. The van der Waals surface area contributed by atoms with Crippen molar-refractivity contribution in [2.24, 2.45) is 0 Å². The quantitative estimate of drug-likeness (QED) is 0.509. The molecule has 1 fully saturated rings. The summed E-state index contributed by atoms with van der Waals surface area (Å²) >= 11 is 0. The van der Waals surface area contributed by atoms with Crippen molar-refractivity contribution in [1.29, 1.82) is 0 Å². The minimum atomic E-state index is -0.614. The molecule has 0 aliphatic carbocycles. The number of benzene rings is 1. The minimum absolute atomic E-state index is 0.00795. The number of anilines is 1. The van der Waals surface area contributed by atoms with Gasteiger partial charge in [0.05, 0.1) is 16.6 Å². The van der Waals surface area contributed by atoms with E-state index in [1.54, 1.807) is 11.0 Å². The normalized spacial score (nSPS) is 21.1. The van der Waals surface area contributed by atoms with Gasteiger partial charge in [-0.05, 0) is 32.9 Å². The molecule has 1 atom stereocenters. The highest BCUT2D eigenvalue weighted by atomic mass is 16.6. The van der Waals surface area contributed by atoms with E-state index in [4.69, 9.17) is 10.5 Å². The molecule has 1 aromatic carbocycles. The van der Waals surface area contributed by atoms with Gasteiger partial charge in [0, 0.05) is 13.1 Å². The number of nitro benzene ring substituents is 1. The van der Waals surface area contributed by atoms with E-state index in [1.807, 2.05) is 20.8 Å². The summed E-state index contributed by atoms with van der Waals surface area (Å²) in [5.74, 6) is -0.391. The van der Waals surface area contributed by atoms with Crippen LogP contribution >= 0.6 is 0 Å². The number of nitrogen functional groups attached to an aromatic ring is 1. The van der Waals surface area contributed by atoms with Crippen molar-refractivity contribution in [3.05, 3.63) is 33.9 Å². The molecule has 1 heterocycles. The summed E-state index contributed by atoms with van der Waals surface area (Å²) < 4.78 is 5.74. The van der Waals surface area contributed by atoms with Crippen LogP contribution in [0.2, 0.25) is 0 Å². The van der Waals surface area contributed by atoms with Crippen molar-refractivity contribution in [2.75, 3.05) is 18.8 Å². The molecule has 0 bridgehead atoms. The molecule has 0 spiro atoms. The van der Waals surface area contributed by atoms with Gasteiger partial charge < -0.3 is 15.4 Å². The summed E-state index contributed by atoms with van der Waals surface area (Å²) in [7, 11) is 0. The molecule has 1 unspecified atom stereocenters. The van der Waals surface area contributed by atoms with Gasteiger partial charge in [-0.2, -0.15) is 0 Å². The van der Waals surface area contributed by atoms with Crippen molar-refractivity contribution in [3.63, 3.8) is 0 Å². The molecule has 114 valence electrons.